The minimum absolute atomic E-state index is 0.199. The van der Waals surface area contributed by atoms with Crippen LogP contribution in [0.5, 0.6) is 5.75 Å². The molecule has 0 unspecified atom stereocenters. The zero-order chi connectivity index (χ0) is 18.7. The largest absolute Gasteiger partial charge is 0.482 e. The molecule has 1 amide bonds. The molecule has 1 saturated carbocycles. The molecule has 1 aliphatic rings. The van der Waals surface area contributed by atoms with Crippen LogP contribution in [0.1, 0.15) is 23.5 Å². The predicted octanol–water partition coefficient (Wildman–Crippen LogP) is 2.85. The van der Waals surface area contributed by atoms with Gasteiger partial charge in [0.2, 0.25) is 5.91 Å². The number of halogens is 2. The zero-order valence-electron chi connectivity index (χ0n) is 13.7. The minimum Gasteiger partial charge on any atom is -0.482 e. The third-order valence-electron chi connectivity index (χ3n) is 4.22. The van der Waals surface area contributed by atoms with Gasteiger partial charge in [-0.2, -0.15) is 0 Å². The average molecular weight is 361 g/mol. The standard InChI is InChI=1S/C19H17F2NO4/c20-12-4-5-14(17(21)7-12)15-8-16(15)19(25)22-9-11-2-1-3-13(6-11)26-10-18(23)24/h1-7,15-16H,8-10H2,(H,22,25)(H,23,24)/t15-,16-/m1/s1. The number of carboxylic acids is 1. The number of carbonyl (C=O) groups is 2. The second kappa shape index (κ2) is 7.51. The first-order valence-electron chi connectivity index (χ1n) is 8.10. The van der Waals surface area contributed by atoms with Crippen LogP contribution >= 0.6 is 0 Å². The van der Waals surface area contributed by atoms with Crippen LogP contribution in [-0.4, -0.2) is 23.6 Å². The molecule has 0 saturated heterocycles. The molecule has 1 fully saturated rings. The summed E-state index contributed by atoms with van der Waals surface area (Å²) in [7, 11) is 0. The summed E-state index contributed by atoms with van der Waals surface area (Å²) in [6.45, 7) is -0.193. The topological polar surface area (TPSA) is 75.6 Å². The Kier molecular flexibility index (Phi) is 5.16. The van der Waals surface area contributed by atoms with E-state index in [2.05, 4.69) is 5.32 Å². The second-order valence-electron chi connectivity index (χ2n) is 6.16. The summed E-state index contributed by atoms with van der Waals surface area (Å²) < 4.78 is 31.8. The molecule has 0 radical (unpaired) electrons. The Balaban J connectivity index is 1.53. The van der Waals surface area contributed by atoms with Gasteiger partial charge in [0.25, 0.3) is 0 Å². The summed E-state index contributed by atoms with van der Waals surface area (Å²) in [5.74, 6) is -2.71. The van der Waals surface area contributed by atoms with E-state index in [0.29, 0.717) is 17.7 Å². The van der Waals surface area contributed by atoms with Gasteiger partial charge in [0.05, 0.1) is 0 Å². The highest BCUT2D eigenvalue weighted by Crippen LogP contribution is 2.48. The summed E-state index contributed by atoms with van der Waals surface area (Å²) in [4.78, 5) is 22.7. The van der Waals surface area contributed by atoms with Crippen LogP contribution in [-0.2, 0) is 16.1 Å². The number of hydrogen-bond donors (Lipinski definition) is 2. The number of carbonyl (C=O) groups excluding carboxylic acids is 1. The van der Waals surface area contributed by atoms with Crippen LogP contribution in [0.3, 0.4) is 0 Å². The Labute approximate surface area is 148 Å². The van der Waals surface area contributed by atoms with Crippen molar-refractivity contribution in [3.63, 3.8) is 0 Å². The van der Waals surface area contributed by atoms with Crippen molar-refractivity contribution in [3.05, 3.63) is 65.2 Å². The number of nitrogens with one attached hydrogen (secondary N) is 1. The normalized spacial score (nSPS) is 18.2. The fraction of sp³-hybridized carbons (Fsp3) is 0.263. The molecule has 0 aromatic heterocycles. The Morgan fingerprint density at radius 1 is 1.19 bits per heavy atom. The van der Waals surface area contributed by atoms with Crippen molar-refractivity contribution in [1.82, 2.24) is 5.32 Å². The molecule has 2 N–H and O–H groups in total. The smallest absolute Gasteiger partial charge is 0.341 e. The van der Waals surface area contributed by atoms with Gasteiger partial charge in [0, 0.05) is 18.5 Å². The highest BCUT2D eigenvalue weighted by atomic mass is 19.1. The predicted molar refractivity (Wildman–Crippen MR) is 88.6 cm³/mol. The van der Waals surface area contributed by atoms with Gasteiger partial charge in [-0.25, -0.2) is 13.6 Å². The molecule has 3 rings (SSSR count). The number of hydrogen-bond acceptors (Lipinski definition) is 3. The third-order valence-corrected chi connectivity index (χ3v) is 4.22. The molecule has 0 aliphatic heterocycles. The second-order valence-corrected chi connectivity index (χ2v) is 6.16. The molecule has 0 heterocycles. The number of benzene rings is 2. The third kappa shape index (κ3) is 4.36. The first-order valence-corrected chi connectivity index (χ1v) is 8.10. The maximum Gasteiger partial charge on any atom is 0.341 e. The Morgan fingerprint density at radius 3 is 2.73 bits per heavy atom. The molecule has 2 aromatic rings. The Hall–Kier alpha value is -2.96. The van der Waals surface area contributed by atoms with Crippen LogP contribution in [0.15, 0.2) is 42.5 Å². The fourth-order valence-electron chi connectivity index (χ4n) is 2.84. The molecule has 2 aromatic carbocycles. The maximum absolute atomic E-state index is 13.8. The van der Waals surface area contributed by atoms with Gasteiger partial charge in [-0.3, -0.25) is 4.79 Å². The van der Waals surface area contributed by atoms with Crippen LogP contribution in [0, 0.1) is 17.6 Å². The van der Waals surface area contributed by atoms with E-state index in [1.807, 2.05) is 0 Å². The van der Waals surface area contributed by atoms with Crippen molar-refractivity contribution in [2.45, 2.75) is 18.9 Å². The van der Waals surface area contributed by atoms with Crippen LogP contribution in [0.25, 0.3) is 0 Å². The Bertz CT molecular complexity index is 840. The Morgan fingerprint density at radius 2 is 2.00 bits per heavy atom. The van der Waals surface area contributed by atoms with E-state index in [1.165, 1.54) is 12.1 Å². The quantitative estimate of drug-likeness (QED) is 0.795. The maximum atomic E-state index is 13.8. The van der Waals surface area contributed by atoms with Crippen molar-refractivity contribution in [2.24, 2.45) is 5.92 Å². The minimum atomic E-state index is -1.07. The summed E-state index contributed by atoms with van der Waals surface area (Å²) in [6.07, 6.45) is 0.524. The summed E-state index contributed by atoms with van der Waals surface area (Å²) in [6, 6.07) is 10.1. The lowest BCUT2D eigenvalue weighted by atomic mass is 10.1. The molecule has 26 heavy (non-hydrogen) atoms. The highest BCUT2D eigenvalue weighted by Gasteiger charge is 2.45. The van der Waals surface area contributed by atoms with Crippen molar-refractivity contribution in [3.8, 4) is 5.75 Å². The van der Waals surface area contributed by atoms with E-state index in [-0.39, 0.29) is 24.3 Å². The van der Waals surface area contributed by atoms with Gasteiger partial charge < -0.3 is 15.2 Å². The molecule has 7 heteroatoms. The van der Waals surface area contributed by atoms with Gasteiger partial charge in [0.1, 0.15) is 17.4 Å². The van der Waals surface area contributed by atoms with E-state index >= 15 is 0 Å². The monoisotopic (exact) mass is 361 g/mol. The van der Waals surface area contributed by atoms with Crippen molar-refractivity contribution in [1.29, 1.82) is 0 Å². The lowest BCUT2D eigenvalue weighted by molar-refractivity contribution is -0.139. The first-order chi connectivity index (χ1) is 12.4. The van der Waals surface area contributed by atoms with Crippen molar-refractivity contribution >= 4 is 11.9 Å². The van der Waals surface area contributed by atoms with Gasteiger partial charge in [0.15, 0.2) is 6.61 Å². The lowest BCUT2D eigenvalue weighted by Crippen LogP contribution is -2.25. The molecule has 5 nitrogen and oxygen atoms in total. The van der Waals surface area contributed by atoms with Gasteiger partial charge in [-0.15, -0.1) is 0 Å². The molecule has 0 bridgehead atoms. The SMILES string of the molecule is O=C(O)COc1cccc(CNC(=O)[C@@H]2C[C@@H]2c2ccc(F)cc2F)c1. The zero-order valence-corrected chi connectivity index (χ0v) is 13.7. The van der Waals surface area contributed by atoms with Gasteiger partial charge >= 0.3 is 5.97 Å². The molecule has 1 aliphatic carbocycles. The molecular formula is C19H17F2NO4. The highest BCUT2D eigenvalue weighted by molar-refractivity contribution is 5.82. The van der Waals surface area contributed by atoms with E-state index in [1.54, 1.807) is 24.3 Å². The van der Waals surface area contributed by atoms with E-state index < -0.39 is 24.2 Å². The van der Waals surface area contributed by atoms with Crippen LogP contribution in [0.2, 0.25) is 0 Å². The van der Waals surface area contributed by atoms with Crippen molar-refractivity contribution < 1.29 is 28.2 Å². The summed E-state index contributed by atoms with van der Waals surface area (Å²) >= 11 is 0. The van der Waals surface area contributed by atoms with Gasteiger partial charge in [-0.05, 0) is 41.7 Å². The average Bonchev–Trinajstić information content (AvgIpc) is 3.39. The number of amides is 1. The molecule has 136 valence electrons. The van der Waals surface area contributed by atoms with Crippen LogP contribution < -0.4 is 10.1 Å². The van der Waals surface area contributed by atoms with E-state index in [0.717, 1.165) is 11.6 Å². The number of aliphatic carboxylic acids is 1. The number of ether oxygens (including phenoxy) is 1. The lowest BCUT2D eigenvalue weighted by Gasteiger charge is -2.08. The molecular weight excluding hydrogens is 344 g/mol. The summed E-state index contributed by atoms with van der Waals surface area (Å²) in [5.41, 5.74) is 1.11. The summed E-state index contributed by atoms with van der Waals surface area (Å²) in [5, 5.41) is 11.4. The molecule has 0 spiro atoms. The molecule has 2 atom stereocenters. The van der Waals surface area contributed by atoms with Gasteiger partial charge in [-0.1, -0.05) is 18.2 Å². The van der Waals surface area contributed by atoms with Crippen molar-refractivity contribution in [2.75, 3.05) is 6.61 Å². The number of rotatable bonds is 7. The fourth-order valence-corrected chi connectivity index (χ4v) is 2.84. The van der Waals surface area contributed by atoms with E-state index in [9.17, 15) is 18.4 Å². The van der Waals surface area contributed by atoms with E-state index in [4.69, 9.17) is 9.84 Å². The first kappa shape index (κ1) is 17.8. The number of carboxylic acid groups (broad SMARTS) is 1. The van der Waals surface area contributed by atoms with Crippen LogP contribution in [0.4, 0.5) is 8.78 Å².